The second-order valence-corrected chi connectivity index (χ2v) is 8.78. The number of aromatic nitrogens is 2. The van der Waals surface area contributed by atoms with E-state index in [1.807, 2.05) is 0 Å². The third kappa shape index (κ3) is 3.63. The van der Waals surface area contributed by atoms with Gasteiger partial charge in [-0.15, -0.1) is 16.4 Å². The molecule has 1 fully saturated rings. The Balaban J connectivity index is 1.68. The lowest BCUT2D eigenvalue weighted by Crippen LogP contribution is -2.49. The third-order valence-electron chi connectivity index (χ3n) is 3.84. The van der Waals surface area contributed by atoms with Crippen LogP contribution in [-0.4, -0.2) is 48.0 Å². The molecule has 0 bridgehead atoms. The predicted octanol–water partition coefficient (Wildman–Crippen LogP) is 1.43. The van der Waals surface area contributed by atoms with E-state index in [9.17, 15) is 13.2 Å². The van der Waals surface area contributed by atoms with Gasteiger partial charge in [-0.25, -0.2) is 8.42 Å². The summed E-state index contributed by atoms with van der Waals surface area (Å²) in [6, 6.07) is 6.42. The molecule has 0 saturated carbocycles. The Morgan fingerprint density at radius 1 is 1.33 bits per heavy atom. The molecule has 24 heavy (non-hydrogen) atoms. The van der Waals surface area contributed by atoms with E-state index in [4.69, 9.17) is 0 Å². The van der Waals surface area contributed by atoms with Crippen molar-refractivity contribution in [1.29, 1.82) is 0 Å². The Labute approximate surface area is 144 Å². The summed E-state index contributed by atoms with van der Waals surface area (Å²) in [5.41, 5.74) is 0.969. The quantitative estimate of drug-likeness (QED) is 0.884. The van der Waals surface area contributed by atoms with Gasteiger partial charge in [0.15, 0.2) is 5.69 Å². The number of nitrogens with zero attached hydrogens (tertiary/aromatic N) is 3. The number of nitrogens with one attached hydrogen (secondary N) is 1. The smallest absolute Gasteiger partial charge is 0.272 e. The van der Waals surface area contributed by atoms with E-state index in [2.05, 4.69) is 15.5 Å². The molecule has 1 aliphatic heterocycles. The van der Waals surface area contributed by atoms with Crippen LogP contribution >= 0.6 is 11.3 Å². The van der Waals surface area contributed by atoms with Crippen LogP contribution in [0.2, 0.25) is 0 Å². The van der Waals surface area contributed by atoms with Gasteiger partial charge in [-0.05, 0) is 43.3 Å². The number of rotatable bonds is 4. The van der Waals surface area contributed by atoms with Crippen LogP contribution in [0.3, 0.4) is 0 Å². The number of carbonyl (C=O) groups excluding carboxylic acids is 1. The lowest BCUT2D eigenvalue weighted by molar-refractivity contribution is 0.0915. The summed E-state index contributed by atoms with van der Waals surface area (Å²) in [6.45, 7) is 2.53. The van der Waals surface area contributed by atoms with Gasteiger partial charge >= 0.3 is 0 Å². The Hall–Kier alpha value is -1.84. The molecule has 0 aromatic carbocycles. The second-order valence-electron chi connectivity index (χ2n) is 5.67. The molecule has 7 nitrogen and oxygen atoms in total. The van der Waals surface area contributed by atoms with Crippen LogP contribution in [0.4, 0.5) is 0 Å². The Morgan fingerprint density at radius 3 is 2.83 bits per heavy atom. The van der Waals surface area contributed by atoms with Gasteiger partial charge in [0.25, 0.3) is 15.9 Å². The Morgan fingerprint density at radius 2 is 2.17 bits per heavy atom. The fourth-order valence-corrected chi connectivity index (χ4v) is 5.26. The highest BCUT2D eigenvalue weighted by atomic mass is 32.2. The zero-order valence-electron chi connectivity index (χ0n) is 13.2. The topological polar surface area (TPSA) is 92.3 Å². The first-order chi connectivity index (χ1) is 11.5. The van der Waals surface area contributed by atoms with Crippen molar-refractivity contribution < 1.29 is 13.2 Å². The Bertz CT molecular complexity index is 804. The van der Waals surface area contributed by atoms with Crippen LogP contribution in [0.25, 0.3) is 0 Å². The lowest BCUT2D eigenvalue weighted by Gasteiger charge is -2.31. The van der Waals surface area contributed by atoms with E-state index in [1.165, 1.54) is 15.6 Å². The van der Waals surface area contributed by atoms with Crippen molar-refractivity contribution in [3.63, 3.8) is 0 Å². The molecule has 3 rings (SSSR count). The van der Waals surface area contributed by atoms with E-state index in [0.29, 0.717) is 17.2 Å². The van der Waals surface area contributed by atoms with Crippen LogP contribution in [0.1, 0.15) is 29.0 Å². The van der Waals surface area contributed by atoms with Crippen molar-refractivity contribution in [1.82, 2.24) is 19.8 Å². The molecule has 2 aromatic rings. The van der Waals surface area contributed by atoms with Crippen LogP contribution in [0, 0.1) is 6.92 Å². The highest BCUT2D eigenvalue weighted by Crippen LogP contribution is 2.24. The average molecular weight is 366 g/mol. The number of aryl methyl sites for hydroxylation is 1. The number of carbonyl (C=O) groups is 1. The molecule has 0 radical (unpaired) electrons. The van der Waals surface area contributed by atoms with Gasteiger partial charge in [0.1, 0.15) is 4.21 Å². The van der Waals surface area contributed by atoms with Gasteiger partial charge in [0, 0.05) is 19.1 Å². The first-order valence-electron chi connectivity index (χ1n) is 7.61. The van der Waals surface area contributed by atoms with E-state index >= 15 is 0 Å². The van der Waals surface area contributed by atoms with Gasteiger partial charge in [-0.3, -0.25) is 4.79 Å². The van der Waals surface area contributed by atoms with Crippen molar-refractivity contribution in [2.45, 2.75) is 30.0 Å². The number of hydrogen-bond acceptors (Lipinski definition) is 6. The summed E-state index contributed by atoms with van der Waals surface area (Å²) in [4.78, 5) is 12.2. The molecule has 9 heteroatoms. The van der Waals surface area contributed by atoms with Crippen LogP contribution in [0.5, 0.6) is 0 Å². The summed E-state index contributed by atoms with van der Waals surface area (Å²) in [5, 5.41) is 12.3. The molecule has 0 unspecified atom stereocenters. The molecule has 1 aliphatic rings. The normalized spacial score (nSPS) is 19.1. The highest BCUT2D eigenvalue weighted by Gasteiger charge is 2.31. The van der Waals surface area contributed by atoms with Crippen molar-refractivity contribution in [3.05, 3.63) is 41.0 Å². The van der Waals surface area contributed by atoms with E-state index in [-0.39, 0.29) is 24.2 Å². The molecule has 1 saturated heterocycles. The summed E-state index contributed by atoms with van der Waals surface area (Å²) in [7, 11) is -3.49. The first-order valence-corrected chi connectivity index (χ1v) is 9.93. The molecule has 2 aromatic heterocycles. The first kappa shape index (κ1) is 17.0. The summed E-state index contributed by atoms with van der Waals surface area (Å²) < 4.78 is 26.9. The third-order valence-corrected chi connectivity index (χ3v) is 7.08. The van der Waals surface area contributed by atoms with E-state index in [1.54, 1.807) is 36.6 Å². The van der Waals surface area contributed by atoms with Gasteiger partial charge in [-0.2, -0.15) is 9.40 Å². The highest BCUT2D eigenvalue weighted by molar-refractivity contribution is 7.91. The van der Waals surface area contributed by atoms with Gasteiger partial charge in [0.2, 0.25) is 0 Å². The van der Waals surface area contributed by atoms with Crippen molar-refractivity contribution >= 4 is 27.3 Å². The minimum absolute atomic E-state index is 0.232. The van der Waals surface area contributed by atoms with Crippen molar-refractivity contribution in [2.75, 3.05) is 13.1 Å². The number of amides is 1. The second kappa shape index (κ2) is 6.96. The number of hydrogen-bond donors (Lipinski definition) is 1. The maximum Gasteiger partial charge on any atom is 0.272 e. The maximum atomic E-state index is 12.6. The summed E-state index contributed by atoms with van der Waals surface area (Å²) >= 11 is 1.20. The van der Waals surface area contributed by atoms with E-state index < -0.39 is 10.0 Å². The monoisotopic (exact) mass is 366 g/mol. The molecule has 128 valence electrons. The van der Waals surface area contributed by atoms with Crippen molar-refractivity contribution in [2.24, 2.45) is 0 Å². The summed E-state index contributed by atoms with van der Waals surface area (Å²) in [6.07, 6.45) is 1.44. The fraction of sp³-hybridized carbons (Fsp3) is 0.400. The molecule has 1 N–H and O–H groups in total. The number of thiophene rings is 1. The maximum absolute atomic E-state index is 12.6. The minimum Gasteiger partial charge on any atom is -0.347 e. The Kier molecular flexibility index (Phi) is 4.93. The standard InChI is InChI=1S/C15H18N4O3S2/c1-11-6-7-13(18-17-11)15(20)16-12-4-2-8-19(10-12)24(21,22)14-5-3-9-23-14/h3,5-7,9,12H,2,4,8,10H2,1H3,(H,16,20)/t12-/m1/s1. The predicted molar refractivity (Wildman–Crippen MR) is 90.3 cm³/mol. The molecule has 3 heterocycles. The molecule has 1 atom stereocenters. The number of piperidine rings is 1. The number of sulfonamides is 1. The largest absolute Gasteiger partial charge is 0.347 e. The molecular weight excluding hydrogens is 348 g/mol. The zero-order chi connectivity index (χ0) is 17.2. The van der Waals surface area contributed by atoms with Gasteiger partial charge in [-0.1, -0.05) is 6.07 Å². The lowest BCUT2D eigenvalue weighted by atomic mass is 10.1. The average Bonchev–Trinajstić information content (AvgIpc) is 3.11. The molecular formula is C15H18N4O3S2. The van der Waals surface area contributed by atoms with Crippen LogP contribution in [-0.2, 0) is 10.0 Å². The molecule has 1 amide bonds. The minimum atomic E-state index is -3.49. The van der Waals surface area contributed by atoms with Crippen LogP contribution in [0.15, 0.2) is 33.9 Å². The van der Waals surface area contributed by atoms with E-state index in [0.717, 1.165) is 12.1 Å². The zero-order valence-corrected chi connectivity index (χ0v) is 14.8. The SMILES string of the molecule is Cc1ccc(C(=O)N[C@@H]2CCCN(S(=O)(=O)c3cccs3)C2)nn1. The van der Waals surface area contributed by atoms with Gasteiger partial charge < -0.3 is 5.32 Å². The van der Waals surface area contributed by atoms with Crippen molar-refractivity contribution in [3.8, 4) is 0 Å². The molecule has 0 spiro atoms. The van der Waals surface area contributed by atoms with Crippen LogP contribution < -0.4 is 5.32 Å². The fourth-order valence-electron chi connectivity index (χ4n) is 2.60. The van der Waals surface area contributed by atoms with Gasteiger partial charge in [0.05, 0.1) is 5.69 Å². The summed E-state index contributed by atoms with van der Waals surface area (Å²) in [5.74, 6) is -0.331. The molecule has 0 aliphatic carbocycles.